The maximum Gasteiger partial charge on any atom is 0.224 e. The maximum atomic E-state index is 12.9. The van der Waals surface area contributed by atoms with Gasteiger partial charge in [0.25, 0.3) is 0 Å². The topological polar surface area (TPSA) is 46.5 Å². The molecule has 28 heavy (non-hydrogen) atoms. The average molecular weight is 382 g/mol. The van der Waals surface area contributed by atoms with Crippen LogP contribution in [0.2, 0.25) is 0 Å². The number of nitrogens with zero attached hydrogens (tertiary/aromatic N) is 2. The number of benzene rings is 1. The fraction of sp³-hybridized carbons (Fsp3) is 0.609. The lowest BCUT2D eigenvalue weighted by Gasteiger charge is -2.39. The smallest absolute Gasteiger partial charge is 0.224 e. The number of rotatable bonds is 5. The molecule has 2 aromatic rings. The molecule has 0 radical (unpaired) electrons. The van der Waals surface area contributed by atoms with Crippen LogP contribution < -0.4 is 5.32 Å². The van der Waals surface area contributed by atoms with Crippen molar-refractivity contribution >= 4 is 16.8 Å². The summed E-state index contributed by atoms with van der Waals surface area (Å²) < 4.78 is 7.66. The molecule has 3 heterocycles. The molecule has 5 heteroatoms. The van der Waals surface area contributed by atoms with Gasteiger partial charge in [0.1, 0.15) is 0 Å². The van der Waals surface area contributed by atoms with Crippen molar-refractivity contribution in [2.45, 2.75) is 31.7 Å². The van der Waals surface area contributed by atoms with E-state index in [1.807, 2.05) is 0 Å². The largest absolute Gasteiger partial charge is 0.381 e. The fourth-order valence-corrected chi connectivity index (χ4v) is 5.77. The number of carbonyl (C=O) groups excluding carboxylic acids is 1. The zero-order valence-corrected chi connectivity index (χ0v) is 16.8. The number of aromatic nitrogens is 1. The molecular formula is C23H31N3O2. The average Bonchev–Trinajstić information content (AvgIpc) is 3.35. The van der Waals surface area contributed by atoms with Gasteiger partial charge in [0, 0.05) is 56.4 Å². The predicted molar refractivity (Wildman–Crippen MR) is 110 cm³/mol. The van der Waals surface area contributed by atoms with Crippen LogP contribution in [-0.4, -0.2) is 54.3 Å². The van der Waals surface area contributed by atoms with Crippen LogP contribution >= 0.6 is 0 Å². The van der Waals surface area contributed by atoms with Crippen molar-refractivity contribution in [2.24, 2.45) is 24.8 Å². The van der Waals surface area contributed by atoms with Crippen LogP contribution in [0.25, 0.3) is 10.9 Å². The van der Waals surface area contributed by atoms with Crippen molar-refractivity contribution in [3.05, 3.63) is 36.0 Å². The summed E-state index contributed by atoms with van der Waals surface area (Å²) in [4.78, 5) is 15.5. The molecule has 1 aliphatic carbocycles. The van der Waals surface area contributed by atoms with E-state index in [-0.39, 0.29) is 5.91 Å². The molecule has 3 aliphatic rings. The minimum Gasteiger partial charge on any atom is -0.381 e. The van der Waals surface area contributed by atoms with Crippen molar-refractivity contribution < 1.29 is 9.53 Å². The third kappa shape index (κ3) is 3.46. The van der Waals surface area contributed by atoms with Crippen molar-refractivity contribution in [3.63, 3.8) is 0 Å². The van der Waals surface area contributed by atoms with Crippen LogP contribution in [0, 0.1) is 17.8 Å². The summed E-state index contributed by atoms with van der Waals surface area (Å²) in [6, 6.07) is 8.69. The second kappa shape index (κ2) is 7.53. The molecule has 1 amide bonds. The Bertz CT molecular complexity index is 841. The summed E-state index contributed by atoms with van der Waals surface area (Å²) in [5.74, 6) is 2.10. The van der Waals surface area contributed by atoms with Crippen LogP contribution in [0.15, 0.2) is 30.5 Å². The molecule has 5 nitrogen and oxygen atoms in total. The predicted octanol–water partition coefficient (Wildman–Crippen LogP) is 2.58. The number of piperidine rings is 1. The molecule has 2 bridgehead atoms. The van der Waals surface area contributed by atoms with Gasteiger partial charge >= 0.3 is 0 Å². The molecule has 150 valence electrons. The number of hydrogen-bond acceptors (Lipinski definition) is 3. The van der Waals surface area contributed by atoms with Crippen molar-refractivity contribution in [2.75, 3.05) is 32.8 Å². The van der Waals surface area contributed by atoms with Crippen LogP contribution in [0.4, 0.5) is 0 Å². The Balaban J connectivity index is 1.21. The van der Waals surface area contributed by atoms with E-state index in [9.17, 15) is 4.79 Å². The quantitative estimate of drug-likeness (QED) is 0.866. The third-order valence-electron chi connectivity index (χ3n) is 7.11. The summed E-state index contributed by atoms with van der Waals surface area (Å²) in [6.07, 6.45) is 6.28. The van der Waals surface area contributed by atoms with E-state index in [0.717, 1.165) is 31.9 Å². The van der Waals surface area contributed by atoms with Gasteiger partial charge in [-0.3, -0.25) is 4.79 Å². The van der Waals surface area contributed by atoms with Crippen LogP contribution in [0.3, 0.4) is 0 Å². The summed E-state index contributed by atoms with van der Waals surface area (Å²) >= 11 is 0. The lowest BCUT2D eigenvalue weighted by molar-refractivity contribution is -0.122. The Morgan fingerprint density at radius 3 is 2.71 bits per heavy atom. The highest BCUT2D eigenvalue weighted by Crippen LogP contribution is 2.37. The van der Waals surface area contributed by atoms with Crippen LogP contribution in [-0.2, 0) is 23.0 Å². The zero-order chi connectivity index (χ0) is 19.1. The van der Waals surface area contributed by atoms with E-state index in [1.165, 1.54) is 36.7 Å². The van der Waals surface area contributed by atoms with Gasteiger partial charge in [-0.2, -0.15) is 0 Å². The summed E-state index contributed by atoms with van der Waals surface area (Å²) in [5, 5.41) is 4.61. The Kier molecular flexibility index (Phi) is 4.89. The Morgan fingerprint density at radius 2 is 1.96 bits per heavy atom. The molecule has 1 saturated carbocycles. The summed E-state index contributed by atoms with van der Waals surface area (Å²) in [6.45, 7) is 5.29. The lowest BCUT2D eigenvalue weighted by Crippen LogP contribution is -2.53. The molecular weight excluding hydrogens is 350 g/mol. The number of para-hydroxylation sites is 1. The molecule has 5 rings (SSSR count). The van der Waals surface area contributed by atoms with E-state index in [0.29, 0.717) is 30.2 Å². The standard InChI is InChI=1S/C23H31N3O2/c1-25-12-19(20-4-2-3-5-21(20)25)10-22(27)24-23-17-6-7-18(23)14-26(13-17)11-16-8-9-28-15-16/h2-5,12,16-18,23H,6-11,13-15H2,1H3,(H,24,27)/t16?,17-,18+,23?. The van der Waals surface area contributed by atoms with Gasteiger partial charge in [0.15, 0.2) is 0 Å². The number of carbonyl (C=O) groups is 1. The first kappa shape index (κ1) is 18.2. The monoisotopic (exact) mass is 381 g/mol. The second-order valence-corrected chi connectivity index (χ2v) is 9.10. The van der Waals surface area contributed by atoms with Crippen LogP contribution in [0.1, 0.15) is 24.8 Å². The van der Waals surface area contributed by atoms with E-state index >= 15 is 0 Å². The first-order valence-electron chi connectivity index (χ1n) is 10.8. The van der Waals surface area contributed by atoms with Crippen molar-refractivity contribution in [3.8, 4) is 0 Å². The van der Waals surface area contributed by atoms with Gasteiger partial charge in [-0.1, -0.05) is 18.2 Å². The Morgan fingerprint density at radius 1 is 1.18 bits per heavy atom. The molecule has 2 aliphatic heterocycles. The molecule has 2 unspecified atom stereocenters. The summed E-state index contributed by atoms with van der Waals surface area (Å²) in [5.41, 5.74) is 2.32. The molecule has 1 N–H and O–H groups in total. The van der Waals surface area contributed by atoms with Crippen molar-refractivity contribution in [1.29, 1.82) is 0 Å². The zero-order valence-electron chi connectivity index (χ0n) is 16.8. The SMILES string of the molecule is Cn1cc(CC(=O)NC2[C@@H]3CC[C@H]2CN(CC2CCOC2)C3)c2ccccc21. The van der Waals surface area contributed by atoms with Gasteiger partial charge in [-0.25, -0.2) is 0 Å². The van der Waals surface area contributed by atoms with Crippen molar-refractivity contribution in [1.82, 2.24) is 14.8 Å². The van der Waals surface area contributed by atoms with E-state index in [4.69, 9.17) is 4.74 Å². The Hall–Kier alpha value is -1.85. The van der Waals surface area contributed by atoms with E-state index in [2.05, 4.69) is 52.3 Å². The molecule has 1 aromatic heterocycles. The molecule has 2 saturated heterocycles. The number of likely N-dealkylation sites (tertiary alicyclic amines) is 1. The lowest BCUT2D eigenvalue weighted by atomic mass is 9.91. The number of nitrogens with one attached hydrogen (secondary N) is 1. The van der Waals surface area contributed by atoms with Gasteiger partial charge in [0.05, 0.1) is 13.0 Å². The number of ether oxygens (including phenoxy) is 1. The summed E-state index contributed by atoms with van der Waals surface area (Å²) in [7, 11) is 2.05. The van der Waals surface area contributed by atoms with Gasteiger partial charge in [-0.15, -0.1) is 0 Å². The third-order valence-corrected chi connectivity index (χ3v) is 7.11. The minimum atomic E-state index is 0.177. The van der Waals surface area contributed by atoms with E-state index in [1.54, 1.807) is 0 Å². The molecule has 1 aromatic carbocycles. The molecule has 3 fully saturated rings. The van der Waals surface area contributed by atoms with Crippen LogP contribution in [0.5, 0.6) is 0 Å². The fourth-order valence-electron chi connectivity index (χ4n) is 5.77. The van der Waals surface area contributed by atoms with Gasteiger partial charge in [-0.05, 0) is 48.6 Å². The number of hydrogen-bond donors (Lipinski definition) is 1. The number of fused-ring (bicyclic) bond motifs is 3. The van der Waals surface area contributed by atoms with E-state index < -0.39 is 0 Å². The maximum absolute atomic E-state index is 12.9. The highest BCUT2D eigenvalue weighted by molar-refractivity contribution is 5.89. The first-order valence-corrected chi connectivity index (χ1v) is 10.8. The number of aryl methyl sites for hydroxylation is 1. The minimum absolute atomic E-state index is 0.177. The Labute approximate surface area is 167 Å². The number of amides is 1. The molecule has 4 atom stereocenters. The highest BCUT2D eigenvalue weighted by Gasteiger charge is 2.43. The molecule has 0 spiro atoms. The van der Waals surface area contributed by atoms with Gasteiger partial charge in [0.2, 0.25) is 5.91 Å². The highest BCUT2D eigenvalue weighted by atomic mass is 16.5. The normalized spacial score (nSPS) is 30.2. The second-order valence-electron chi connectivity index (χ2n) is 9.10. The first-order chi connectivity index (χ1) is 13.7. The van der Waals surface area contributed by atoms with Gasteiger partial charge < -0.3 is 19.5 Å².